The van der Waals surface area contributed by atoms with Gasteiger partial charge in [0.25, 0.3) is 5.91 Å². The summed E-state index contributed by atoms with van der Waals surface area (Å²) in [7, 11) is 0. The van der Waals surface area contributed by atoms with Crippen LogP contribution >= 0.6 is 11.3 Å². The molecule has 1 N–H and O–H groups in total. The Balaban J connectivity index is 1.51. The lowest BCUT2D eigenvalue weighted by molar-refractivity contribution is -0.116. The van der Waals surface area contributed by atoms with Crippen molar-refractivity contribution in [3.05, 3.63) is 46.5 Å². The molecule has 0 bridgehead atoms. The van der Waals surface area contributed by atoms with E-state index in [1.54, 1.807) is 11.3 Å². The zero-order valence-corrected chi connectivity index (χ0v) is 14.8. The number of piperidine rings is 1. The Labute approximate surface area is 146 Å². The van der Waals surface area contributed by atoms with Crippen molar-refractivity contribution >= 4 is 22.4 Å². The Morgan fingerprint density at radius 1 is 1.29 bits per heavy atom. The number of aryl methyl sites for hydroxylation is 2. The Bertz CT molecular complexity index is 779. The number of nitrogens with one attached hydrogen (secondary N) is 1. The molecule has 0 saturated carbocycles. The third-order valence-corrected chi connectivity index (χ3v) is 5.18. The fourth-order valence-corrected chi connectivity index (χ4v) is 3.62. The number of nitrogens with zero attached hydrogens (tertiary/aromatic N) is 2. The largest absolute Gasteiger partial charge is 0.348 e. The lowest BCUT2D eigenvalue weighted by Crippen LogP contribution is -2.44. The van der Waals surface area contributed by atoms with Crippen molar-refractivity contribution in [2.75, 3.05) is 18.0 Å². The predicted molar refractivity (Wildman–Crippen MR) is 98.3 cm³/mol. The second-order valence-electron chi connectivity index (χ2n) is 6.07. The van der Waals surface area contributed by atoms with Crippen LogP contribution in [0.3, 0.4) is 0 Å². The van der Waals surface area contributed by atoms with Crippen LogP contribution in [0.2, 0.25) is 0 Å². The van der Waals surface area contributed by atoms with E-state index in [2.05, 4.69) is 32.4 Å². The molecule has 1 aliphatic heterocycles. The van der Waals surface area contributed by atoms with E-state index in [4.69, 9.17) is 0 Å². The number of benzene rings is 1. The van der Waals surface area contributed by atoms with E-state index in [9.17, 15) is 4.79 Å². The van der Waals surface area contributed by atoms with Gasteiger partial charge in [0.2, 0.25) is 0 Å². The summed E-state index contributed by atoms with van der Waals surface area (Å²) in [5.74, 6) is 5.48. The van der Waals surface area contributed by atoms with E-state index in [1.807, 2.05) is 38.1 Å². The number of aromatic nitrogens is 1. The van der Waals surface area contributed by atoms with Crippen molar-refractivity contribution in [3.63, 3.8) is 0 Å². The first-order chi connectivity index (χ1) is 11.6. The zero-order chi connectivity index (χ0) is 16.9. The number of carbonyl (C=O) groups is 1. The van der Waals surface area contributed by atoms with Crippen molar-refractivity contribution in [1.29, 1.82) is 0 Å². The molecule has 5 heteroatoms. The number of carbonyl (C=O) groups excluding carboxylic acids is 1. The predicted octanol–water partition coefficient (Wildman–Crippen LogP) is 2.90. The van der Waals surface area contributed by atoms with Crippen LogP contribution in [0.15, 0.2) is 29.6 Å². The van der Waals surface area contributed by atoms with Crippen LogP contribution in [-0.2, 0) is 4.79 Å². The molecule has 0 atom stereocenters. The van der Waals surface area contributed by atoms with Gasteiger partial charge >= 0.3 is 0 Å². The van der Waals surface area contributed by atoms with Gasteiger partial charge < -0.3 is 10.2 Å². The van der Waals surface area contributed by atoms with Gasteiger partial charge in [0, 0.05) is 36.0 Å². The van der Waals surface area contributed by atoms with Gasteiger partial charge in [-0.2, -0.15) is 0 Å². The normalized spacial score (nSPS) is 14.8. The van der Waals surface area contributed by atoms with Crippen LogP contribution < -0.4 is 10.2 Å². The van der Waals surface area contributed by atoms with E-state index in [-0.39, 0.29) is 11.9 Å². The number of hydrogen-bond donors (Lipinski definition) is 1. The first-order valence-corrected chi connectivity index (χ1v) is 9.05. The summed E-state index contributed by atoms with van der Waals surface area (Å²) >= 11 is 1.68. The van der Waals surface area contributed by atoms with Gasteiger partial charge in [0.15, 0.2) is 5.13 Å². The third-order valence-electron chi connectivity index (χ3n) is 4.16. The second kappa shape index (κ2) is 7.50. The summed E-state index contributed by atoms with van der Waals surface area (Å²) in [5.41, 5.74) is 3.06. The molecule has 1 aromatic carbocycles. The van der Waals surface area contributed by atoms with Gasteiger partial charge in [0.1, 0.15) is 0 Å². The maximum absolute atomic E-state index is 12.0. The molecule has 2 heterocycles. The lowest BCUT2D eigenvalue weighted by Gasteiger charge is -2.31. The fraction of sp³-hybridized carbons (Fsp3) is 0.368. The van der Waals surface area contributed by atoms with Gasteiger partial charge in [-0.05, 0) is 38.3 Å². The molecule has 1 saturated heterocycles. The highest BCUT2D eigenvalue weighted by Crippen LogP contribution is 2.23. The van der Waals surface area contributed by atoms with Crippen molar-refractivity contribution in [2.45, 2.75) is 32.7 Å². The number of thiazole rings is 1. The molecule has 2 aromatic rings. The molecule has 3 rings (SSSR count). The Morgan fingerprint density at radius 3 is 2.71 bits per heavy atom. The molecule has 0 aliphatic carbocycles. The lowest BCUT2D eigenvalue weighted by atomic mass is 10.1. The SMILES string of the molecule is Cc1csc(N2CCC(NC(=O)C#Cc3ccccc3C)CC2)n1. The van der Waals surface area contributed by atoms with Gasteiger partial charge in [-0.1, -0.05) is 24.1 Å². The van der Waals surface area contributed by atoms with Gasteiger partial charge in [0.05, 0.1) is 5.69 Å². The van der Waals surface area contributed by atoms with Crippen LogP contribution in [0, 0.1) is 25.7 Å². The number of anilines is 1. The first kappa shape index (κ1) is 16.5. The minimum absolute atomic E-state index is 0.193. The molecule has 1 aromatic heterocycles. The van der Waals surface area contributed by atoms with E-state index < -0.39 is 0 Å². The number of rotatable bonds is 2. The highest BCUT2D eigenvalue weighted by molar-refractivity contribution is 7.13. The van der Waals surface area contributed by atoms with Gasteiger partial charge in [-0.25, -0.2) is 4.98 Å². The minimum Gasteiger partial charge on any atom is -0.348 e. The molecular formula is C19H21N3OS. The van der Waals surface area contributed by atoms with Gasteiger partial charge in [-0.3, -0.25) is 4.79 Å². The zero-order valence-electron chi connectivity index (χ0n) is 14.0. The van der Waals surface area contributed by atoms with Crippen molar-refractivity contribution in [2.24, 2.45) is 0 Å². The first-order valence-electron chi connectivity index (χ1n) is 8.17. The Morgan fingerprint density at radius 2 is 2.04 bits per heavy atom. The second-order valence-corrected chi connectivity index (χ2v) is 6.91. The van der Waals surface area contributed by atoms with Gasteiger partial charge in [-0.15, -0.1) is 11.3 Å². The van der Waals surface area contributed by atoms with Crippen LogP contribution in [0.25, 0.3) is 0 Å². The third kappa shape index (κ3) is 4.15. The summed E-state index contributed by atoms with van der Waals surface area (Å²) < 4.78 is 0. The number of amides is 1. The molecule has 124 valence electrons. The smallest absolute Gasteiger partial charge is 0.296 e. The highest BCUT2D eigenvalue weighted by Gasteiger charge is 2.21. The standard InChI is InChI=1S/C19H21N3OS/c1-14-5-3-4-6-16(14)7-8-18(23)21-17-9-11-22(12-10-17)19-20-15(2)13-24-19/h3-6,13,17H,9-12H2,1-2H3,(H,21,23). The van der Waals surface area contributed by atoms with Crippen molar-refractivity contribution in [1.82, 2.24) is 10.3 Å². The van der Waals surface area contributed by atoms with E-state index in [0.717, 1.165) is 47.9 Å². The fourth-order valence-electron chi connectivity index (χ4n) is 2.76. The maximum atomic E-state index is 12.0. The average Bonchev–Trinajstić information content (AvgIpc) is 3.01. The van der Waals surface area contributed by atoms with E-state index in [0.29, 0.717) is 0 Å². The highest BCUT2D eigenvalue weighted by atomic mass is 32.1. The van der Waals surface area contributed by atoms with E-state index >= 15 is 0 Å². The van der Waals surface area contributed by atoms with Crippen LogP contribution in [0.5, 0.6) is 0 Å². The summed E-state index contributed by atoms with van der Waals surface area (Å²) in [6, 6.07) is 8.03. The Kier molecular flexibility index (Phi) is 5.17. The average molecular weight is 339 g/mol. The maximum Gasteiger partial charge on any atom is 0.296 e. The molecule has 0 spiro atoms. The van der Waals surface area contributed by atoms with Crippen molar-refractivity contribution in [3.8, 4) is 11.8 Å². The molecular weight excluding hydrogens is 318 g/mol. The topological polar surface area (TPSA) is 45.2 Å². The minimum atomic E-state index is -0.193. The summed E-state index contributed by atoms with van der Waals surface area (Å²) in [6.07, 6.45) is 1.85. The molecule has 1 aliphatic rings. The van der Waals surface area contributed by atoms with Crippen LogP contribution in [-0.4, -0.2) is 30.0 Å². The molecule has 1 fully saturated rings. The summed E-state index contributed by atoms with van der Waals surface area (Å²) in [6.45, 7) is 5.85. The molecule has 24 heavy (non-hydrogen) atoms. The van der Waals surface area contributed by atoms with Crippen LogP contribution in [0.4, 0.5) is 5.13 Å². The van der Waals surface area contributed by atoms with Crippen molar-refractivity contribution < 1.29 is 4.79 Å². The summed E-state index contributed by atoms with van der Waals surface area (Å²) in [5, 5.41) is 6.18. The Hall–Kier alpha value is -2.32. The summed E-state index contributed by atoms with van der Waals surface area (Å²) in [4.78, 5) is 18.9. The molecule has 0 unspecified atom stereocenters. The molecule has 4 nitrogen and oxygen atoms in total. The monoisotopic (exact) mass is 339 g/mol. The van der Waals surface area contributed by atoms with Crippen LogP contribution in [0.1, 0.15) is 29.7 Å². The number of hydrogen-bond acceptors (Lipinski definition) is 4. The quantitative estimate of drug-likeness (QED) is 0.856. The molecule has 1 amide bonds. The van der Waals surface area contributed by atoms with E-state index in [1.165, 1.54) is 0 Å². The molecule has 0 radical (unpaired) electrons.